The Labute approximate surface area is 120 Å². The van der Waals surface area contributed by atoms with E-state index >= 15 is 0 Å². The molecule has 0 atom stereocenters. The molecule has 6 heteroatoms. The smallest absolute Gasteiger partial charge is 0.271 e. The molecule has 0 aromatic heterocycles. The molecule has 0 bridgehead atoms. The Morgan fingerprint density at radius 1 is 1.30 bits per heavy atom. The van der Waals surface area contributed by atoms with Crippen molar-refractivity contribution in [2.75, 3.05) is 5.32 Å². The maximum Gasteiger partial charge on any atom is 0.271 e. The fourth-order valence-corrected chi connectivity index (χ4v) is 1.95. The zero-order valence-corrected chi connectivity index (χ0v) is 11.1. The Bertz CT molecular complexity index is 695. The highest BCUT2D eigenvalue weighted by atomic mass is 35.5. The lowest BCUT2D eigenvalue weighted by Gasteiger charge is -2.08. The summed E-state index contributed by atoms with van der Waals surface area (Å²) in [6.07, 6.45) is 0. The van der Waals surface area contributed by atoms with Crippen LogP contribution in [0.2, 0.25) is 5.02 Å². The zero-order valence-electron chi connectivity index (χ0n) is 10.3. The molecule has 0 fully saturated rings. The average Bonchev–Trinajstić information content (AvgIpc) is 2.46. The summed E-state index contributed by atoms with van der Waals surface area (Å²) < 4.78 is 0. The summed E-state index contributed by atoms with van der Waals surface area (Å²) in [5, 5.41) is 22.8. The van der Waals surface area contributed by atoms with Crippen LogP contribution in [-0.2, 0) is 6.54 Å². The van der Waals surface area contributed by atoms with E-state index in [1.54, 1.807) is 24.3 Å². The Hall–Kier alpha value is -2.58. The first-order valence-electron chi connectivity index (χ1n) is 5.77. The van der Waals surface area contributed by atoms with Crippen LogP contribution in [0.25, 0.3) is 0 Å². The van der Waals surface area contributed by atoms with Gasteiger partial charge in [-0.2, -0.15) is 5.26 Å². The Balaban J connectivity index is 2.11. The van der Waals surface area contributed by atoms with E-state index in [1.807, 2.05) is 6.07 Å². The van der Waals surface area contributed by atoms with E-state index in [1.165, 1.54) is 12.1 Å². The summed E-state index contributed by atoms with van der Waals surface area (Å²) in [6, 6.07) is 13.5. The molecular formula is C14H10ClN3O2. The van der Waals surface area contributed by atoms with E-state index in [0.717, 1.165) is 5.56 Å². The monoisotopic (exact) mass is 287 g/mol. The van der Waals surface area contributed by atoms with E-state index in [-0.39, 0.29) is 10.7 Å². The first kappa shape index (κ1) is 13.8. The van der Waals surface area contributed by atoms with Gasteiger partial charge in [0.15, 0.2) is 0 Å². The van der Waals surface area contributed by atoms with Crippen LogP contribution < -0.4 is 5.32 Å². The Morgan fingerprint density at radius 3 is 2.75 bits per heavy atom. The van der Waals surface area contributed by atoms with Crippen LogP contribution in [0.4, 0.5) is 11.4 Å². The minimum atomic E-state index is -0.494. The molecule has 0 aliphatic carbocycles. The van der Waals surface area contributed by atoms with Crippen molar-refractivity contribution in [3.63, 3.8) is 0 Å². The molecule has 20 heavy (non-hydrogen) atoms. The number of anilines is 1. The highest BCUT2D eigenvalue weighted by Crippen LogP contribution is 2.27. The largest absolute Gasteiger partial charge is 0.380 e. The van der Waals surface area contributed by atoms with Crippen LogP contribution in [0.15, 0.2) is 42.5 Å². The van der Waals surface area contributed by atoms with Crippen molar-refractivity contribution in [3.8, 4) is 6.07 Å². The molecule has 0 saturated heterocycles. The van der Waals surface area contributed by atoms with Crippen molar-refractivity contribution in [3.05, 3.63) is 68.7 Å². The topological polar surface area (TPSA) is 79.0 Å². The van der Waals surface area contributed by atoms with E-state index in [9.17, 15) is 10.1 Å². The van der Waals surface area contributed by atoms with Crippen molar-refractivity contribution < 1.29 is 4.92 Å². The normalized spacial score (nSPS) is 9.80. The van der Waals surface area contributed by atoms with Crippen molar-refractivity contribution in [2.45, 2.75) is 6.54 Å². The summed E-state index contributed by atoms with van der Waals surface area (Å²) in [6.45, 7) is 0.479. The summed E-state index contributed by atoms with van der Waals surface area (Å²) in [4.78, 5) is 10.1. The second-order valence-electron chi connectivity index (χ2n) is 4.09. The third kappa shape index (κ3) is 3.25. The second-order valence-corrected chi connectivity index (χ2v) is 4.49. The molecule has 0 aliphatic heterocycles. The van der Waals surface area contributed by atoms with Crippen molar-refractivity contribution in [2.24, 2.45) is 0 Å². The number of non-ortho nitro benzene ring substituents is 1. The van der Waals surface area contributed by atoms with E-state index in [0.29, 0.717) is 17.8 Å². The number of nitrogens with one attached hydrogen (secondary N) is 1. The summed E-state index contributed by atoms with van der Waals surface area (Å²) in [5.41, 5.74) is 2.07. The van der Waals surface area contributed by atoms with E-state index in [2.05, 4.69) is 11.4 Å². The molecule has 2 rings (SSSR count). The highest BCUT2D eigenvalue weighted by molar-refractivity contribution is 6.33. The lowest BCUT2D eigenvalue weighted by Crippen LogP contribution is -2.00. The first-order valence-corrected chi connectivity index (χ1v) is 6.15. The Morgan fingerprint density at radius 2 is 2.10 bits per heavy atom. The quantitative estimate of drug-likeness (QED) is 0.686. The van der Waals surface area contributed by atoms with E-state index < -0.39 is 4.92 Å². The number of hydrogen-bond acceptors (Lipinski definition) is 4. The van der Waals surface area contributed by atoms with E-state index in [4.69, 9.17) is 16.9 Å². The summed E-state index contributed by atoms with van der Waals surface area (Å²) in [5.74, 6) is 0. The minimum Gasteiger partial charge on any atom is -0.380 e. The van der Waals surface area contributed by atoms with Gasteiger partial charge in [-0.15, -0.1) is 0 Å². The average molecular weight is 288 g/mol. The van der Waals surface area contributed by atoms with Gasteiger partial charge in [-0.1, -0.05) is 23.7 Å². The number of benzene rings is 2. The fourth-order valence-electron chi connectivity index (χ4n) is 1.71. The van der Waals surface area contributed by atoms with Crippen LogP contribution >= 0.6 is 11.6 Å². The molecule has 100 valence electrons. The highest BCUT2D eigenvalue weighted by Gasteiger charge is 2.09. The molecule has 2 aromatic carbocycles. The van der Waals surface area contributed by atoms with Crippen LogP contribution in [0.3, 0.4) is 0 Å². The molecule has 0 aliphatic rings. The molecule has 0 saturated carbocycles. The molecule has 0 amide bonds. The number of rotatable bonds is 4. The van der Waals surface area contributed by atoms with Crippen LogP contribution in [0.5, 0.6) is 0 Å². The van der Waals surface area contributed by atoms with Gasteiger partial charge in [0.05, 0.1) is 27.3 Å². The molecule has 0 radical (unpaired) electrons. The van der Waals surface area contributed by atoms with Crippen LogP contribution in [-0.4, -0.2) is 4.92 Å². The van der Waals surface area contributed by atoms with Gasteiger partial charge in [0, 0.05) is 18.7 Å². The molecule has 0 unspecified atom stereocenters. The standard InChI is InChI=1S/C14H10ClN3O2/c15-13-7-12(18(19)20)4-5-14(13)17-9-11-3-1-2-10(6-11)8-16/h1-7,17H,9H2. The van der Waals surface area contributed by atoms with Gasteiger partial charge < -0.3 is 5.32 Å². The zero-order chi connectivity index (χ0) is 14.5. The number of halogens is 1. The maximum atomic E-state index is 10.6. The Kier molecular flexibility index (Phi) is 4.18. The van der Waals surface area contributed by atoms with Crippen LogP contribution in [0, 0.1) is 21.4 Å². The minimum absolute atomic E-state index is 0.0490. The molecule has 2 aromatic rings. The second kappa shape index (κ2) is 6.04. The van der Waals surface area contributed by atoms with Gasteiger partial charge in [0.25, 0.3) is 5.69 Å². The fraction of sp³-hybridized carbons (Fsp3) is 0.0714. The summed E-state index contributed by atoms with van der Waals surface area (Å²) in [7, 11) is 0. The number of nitro groups is 1. The van der Waals surface area contributed by atoms with Crippen molar-refractivity contribution >= 4 is 23.0 Å². The third-order valence-corrected chi connectivity index (χ3v) is 3.02. The lowest BCUT2D eigenvalue weighted by atomic mass is 10.1. The maximum absolute atomic E-state index is 10.6. The number of nitro benzene ring substituents is 1. The van der Waals surface area contributed by atoms with Gasteiger partial charge in [-0.05, 0) is 23.8 Å². The van der Waals surface area contributed by atoms with Gasteiger partial charge in [0.2, 0.25) is 0 Å². The predicted molar refractivity (Wildman–Crippen MR) is 76.6 cm³/mol. The lowest BCUT2D eigenvalue weighted by molar-refractivity contribution is -0.384. The third-order valence-electron chi connectivity index (χ3n) is 2.70. The van der Waals surface area contributed by atoms with Gasteiger partial charge in [-0.3, -0.25) is 10.1 Å². The number of nitriles is 1. The SMILES string of the molecule is N#Cc1cccc(CNc2ccc([N+](=O)[O-])cc2Cl)c1. The molecule has 0 spiro atoms. The van der Waals surface area contributed by atoms with Crippen LogP contribution in [0.1, 0.15) is 11.1 Å². The first-order chi connectivity index (χ1) is 9.60. The molecular weight excluding hydrogens is 278 g/mol. The van der Waals surface area contributed by atoms with Gasteiger partial charge in [0.1, 0.15) is 0 Å². The summed E-state index contributed by atoms with van der Waals surface area (Å²) >= 11 is 5.98. The van der Waals surface area contributed by atoms with Gasteiger partial charge >= 0.3 is 0 Å². The predicted octanol–water partition coefficient (Wildman–Crippen LogP) is 3.73. The van der Waals surface area contributed by atoms with Crippen molar-refractivity contribution in [1.82, 2.24) is 0 Å². The number of hydrogen-bond donors (Lipinski definition) is 1. The molecule has 0 heterocycles. The van der Waals surface area contributed by atoms with Crippen molar-refractivity contribution in [1.29, 1.82) is 5.26 Å². The van der Waals surface area contributed by atoms with Gasteiger partial charge in [-0.25, -0.2) is 0 Å². The number of nitrogens with zero attached hydrogens (tertiary/aromatic N) is 2. The molecule has 5 nitrogen and oxygen atoms in total. The molecule has 1 N–H and O–H groups in total.